The van der Waals surface area contributed by atoms with Gasteiger partial charge in [0.15, 0.2) is 11.5 Å². The first-order valence-electron chi connectivity index (χ1n) is 7.16. The number of hydrogen-bond acceptors (Lipinski definition) is 5. The van der Waals surface area contributed by atoms with Gasteiger partial charge in [-0.1, -0.05) is 6.42 Å². The predicted octanol–water partition coefficient (Wildman–Crippen LogP) is 1.23. The maximum atomic E-state index is 13.0. The lowest BCUT2D eigenvalue weighted by Gasteiger charge is -2.34. The Morgan fingerprint density at radius 2 is 2.00 bits per heavy atom. The highest BCUT2D eigenvalue weighted by molar-refractivity contribution is 7.89. The molecule has 0 radical (unpaired) electrons. The fourth-order valence-electron chi connectivity index (χ4n) is 2.96. The molecule has 2 N–H and O–H groups in total. The summed E-state index contributed by atoms with van der Waals surface area (Å²) in [6.45, 7) is 2.78. The average molecular weight is 312 g/mol. The molecular formula is C14H20N2O4S. The Kier molecular flexibility index (Phi) is 3.81. The third-order valence-corrected chi connectivity index (χ3v) is 6.20. The van der Waals surface area contributed by atoms with Crippen molar-refractivity contribution < 1.29 is 17.9 Å². The fraction of sp³-hybridized carbons (Fsp3) is 0.571. The molecule has 1 aromatic rings. The number of rotatable bonds is 3. The van der Waals surface area contributed by atoms with Crippen molar-refractivity contribution >= 4 is 10.0 Å². The first-order valence-corrected chi connectivity index (χ1v) is 8.60. The second kappa shape index (κ2) is 5.47. The van der Waals surface area contributed by atoms with E-state index in [1.54, 1.807) is 23.4 Å². The first kappa shape index (κ1) is 14.6. The number of nitrogens with zero attached hydrogens (tertiary/aromatic N) is 1. The molecule has 0 aliphatic carbocycles. The summed E-state index contributed by atoms with van der Waals surface area (Å²) in [6, 6.07) is 3.17. The van der Waals surface area contributed by atoms with Crippen LogP contribution in [0.5, 0.6) is 11.5 Å². The van der Waals surface area contributed by atoms with Gasteiger partial charge in [0.05, 0.1) is 4.90 Å². The van der Waals surface area contributed by atoms with E-state index in [1.165, 1.54) is 0 Å². The highest BCUT2D eigenvalue weighted by atomic mass is 32.2. The van der Waals surface area contributed by atoms with Crippen molar-refractivity contribution in [1.29, 1.82) is 0 Å². The summed E-state index contributed by atoms with van der Waals surface area (Å²) in [5.74, 6) is 1.08. The maximum absolute atomic E-state index is 13.0. The summed E-state index contributed by atoms with van der Waals surface area (Å²) in [4.78, 5) is 0.284. The minimum Gasteiger partial charge on any atom is -0.454 e. The number of hydrogen-bond donors (Lipinski definition) is 1. The molecule has 116 valence electrons. The van der Waals surface area contributed by atoms with E-state index >= 15 is 0 Å². The van der Waals surface area contributed by atoms with Gasteiger partial charge in [-0.3, -0.25) is 0 Å². The highest BCUT2D eigenvalue weighted by Crippen LogP contribution is 2.37. The van der Waals surface area contributed by atoms with Gasteiger partial charge >= 0.3 is 0 Å². The number of fused-ring (bicyclic) bond motifs is 1. The quantitative estimate of drug-likeness (QED) is 0.907. The minimum atomic E-state index is -3.56. The summed E-state index contributed by atoms with van der Waals surface area (Å²) >= 11 is 0. The van der Waals surface area contributed by atoms with Crippen molar-refractivity contribution in [2.75, 3.05) is 19.9 Å². The molecule has 0 bridgehead atoms. The molecule has 2 aliphatic rings. The second-order valence-corrected chi connectivity index (χ2v) is 7.33. The number of aryl methyl sites for hydroxylation is 1. The first-order chi connectivity index (χ1) is 10.0. The lowest BCUT2D eigenvalue weighted by atomic mass is 10.1. The summed E-state index contributed by atoms with van der Waals surface area (Å²) in [6.07, 6.45) is 2.71. The van der Waals surface area contributed by atoms with Crippen LogP contribution in [-0.4, -0.2) is 38.6 Å². The zero-order valence-corrected chi connectivity index (χ0v) is 12.9. The standard InChI is InChI=1S/C14H20N2O4S/c1-10-6-12-13(20-9-19-12)7-14(10)21(17,18)16-5-3-2-4-11(16)8-15/h6-7,11H,2-5,8-9,15H2,1H3. The largest absolute Gasteiger partial charge is 0.454 e. The van der Waals surface area contributed by atoms with Crippen molar-refractivity contribution in [2.45, 2.75) is 37.1 Å². The highest BCUT2D eigenvalue weighted by Gasteiger charge is 2.34. The smallest absolute Gasteiger partial charge is 0.243 e. The molecular weight excluding hydrogens is 292 g/mol. The number of piperidine rings is 1. The topological polar surface area (TPSA) is 81.9 Å². The van der Waals surface area contributed by atoms with Crippen LogP contribution in [0.4, 0.5) is 0 Å². The zero-order valence-electron chi connectivity index (χ0n) is 12.0. The van der Waals surface area contributed by atoms with Crippen molar-refractivity contribution in [3.8, 4) is 11.5 Å². The van der Waals surface area contributed by atoms with Crippen LogP contribution in [-0.2, 0) is 10.0 Å². The number of ether oxygens (including phenoxy) is 2. The van der Waals surface area contributed by atoms with Crippen LogP contribution in [0.1, 0.15) is 24.8 Å². The molecule has 1 saturated heterocycles. The Bertz CT molecular complexity index is 645. The van der Waals surface area contributed by atoms with Crippen LogP contribution in [0, 0.1) is 6.92 Å². The van der Waals surface area contributed by atoms with Crippen molar-refractivity contribution in [2.24, 2.45) is 5.73 Å². The van der Waals surface area contributed by atoms with Gasteiger partial charge in [-0.2, -0.15) is 4.31 Å². The van der Waals surface area contributed by atoms with E-state index in [1.807, 2.05) is 0 Å². The van der Waals surface area contributed by atoms with Crippen LogP contribution in [0.15, 0.2) is 17.0 Å². The lowest BCUT2D eigenvalue weighted by molar-refractivity contribution is 0.174. The molecule has 0 aromatic heterocycles. The van der Waals surface area contributed by atoms with Crippen molar-refractivity contribution in [1.82, 2.24) is 4.31 Å². The Balaban J connectivity index is 2.02. The van der Waals surface area contributed by atoms with E-state index in [-0.39, 0.29) is 17.7 Å². The minimum absolute atomic E-state index is 0.117. The van der Waals surface area contributed by atoms with Gasteiger partial charge < -0.3 is 15.2 Å². The van der Waals surface area contributed by atoms with Crippen LogP contribution in [0.3, 0.4) is 0 Å². The van der Waals surface area contributed by atoms with Gasteiger partial charge in [0.1, 0.15) is 0 Å². The third-order valence-electron chi connectivity index (χ3n) is 4.10. The molecule has 21 heavy (non-hydrogen) atoms. The third kappa shape index (κ3) is 2.49. The Morgan fingerprint density at radius 1 is 1.29 bits per heavy atom. The molecule has 1 atom stereocenters. The van der Waals surface area contributed by atoms with E-state index in [0.29, 0.717) is 30.2 Å². The van der Waals surface area contributed by atoms with E-state index < -0.39 is 10.0 Å². The van der Waals surface area contributed by atoms with Gasteiger partial charge in [0.2, 0.25) is 16.8 Å². The van der Waals surface area contributed by atoms with Gasteiger partial charge in [0.25, 0.3) is 0 Å². The molecule has 1 aromatic carbocycles. The average Bonchev–Trinajstić information content (AvgIpc) is 2.93. The van der Waals surface area contributed by atoms with Crippen LogP contribution >= 0.6 is 0 Å². The molecule has 6 nitrogen and oxygen atoms in total. The molecule has 0 saturated carbocycles. The van der Waals surface area contributed by atoms with E-state index in [9.17, 15) is 8.42 Å². The van der Waals surface area contributed by atoms with Gasteiger partial charge in [-0.25, -0.2) is 8.42 Å². The molecule has 1 unspecified atom stereocenters. The molecule has 0 spiro atoms. The molecule has 7 heteroatoms. The monoisotopic (exact) mass is 312 g/mol. The fourth-order valence-corrected chi connectivity index (χ4v) is 4.88. The molecule has 2 aliphatic heterocycles. The Hall–Kier alpha value is -1.31. The molecule has 0 amide bonds. The van der Waals surface area contributed by atoms with Gasteiger partial charge in [-0.05, 0) is 31.4 Å². The maximum Gasteiger partial charge on any atom is 0.243 e. The summed E-state index contributed by atoms with van der Waals surface area (Å²) in [7, 11) is -3.56. The number of nitrogens with two attached hydrogens (primary N) is 1. The van der Waals surface area contributed by atoms with E-state index in [4.69, 9.17) is 15.2 Å². The summed E-state index contributed by atoms with van der Waals surface area (Å²) in [5, 5.41) is 0. The zero-order chi connectivity index (χ0) is 15.0. The molecule has 1 fully saturated rings. The Labute approximate surface area is 124 Å². The van der Waals surface area contributed by atoms with Crippen LogP contribution in [0.25, 0.3) is 0 Å². The van der Waals surface area contributed by atoms with E-state index in [0.717, 1.165) is 19.3 Å². The van der Waals surface area contributed by atoms with Crippen LogP contribution in [0.2, 0.25) is 0 Å². The molecule has 3 rings (SSSR count). The number of benzene rings is 1. The Morgan fingerprint density at radius 3 is 2.71 bits per heavy atom. The van der Waals surface area contributed by atoms with Gasteiger partial charge in [-0.15, -0.1) is 0 Å². The van der Waals surface area contributed by atoms with Gasteiger partial charge in [0, 0.05) is 25.2 Å². The normalized spacial score (nSPS) is 22.5. The lowest BCUT2D eigenvalue weighted by Crippen LogP contribution is -2.47. The van der Waals surface area contributed by atoms with E-state index in [2.05, 4.69) is 0 Å². The van der Waals surface area contributed by atoms with Crippen LogP contribution < -0.4 is 15.2 Å². The van der Waals surface area contributed by atoms with Crippen molar-refractivity contribution in [3.63, 3.8) is 0 Å². The number of sulfonamides is 1. The summed E-state index contributed by atoms with van der Waals surface area (Å²) < 4.78 is 38.0. The van der Waals surface area contributed by atoms with Crippen molar-refractivity contribution in [3.05, 3.63) is 17.7 Å². The molecule has 2 heterocycles. The second-order valence-electron chi connectivity index (χ2n) is 5.47. The predicted molar refractivity (Wildman–Crippen MR) is 77.9 cm³/mol. The summed E-state index contributed by atoms with van der Waals surface area (Å²) in [5.41, 5.74) is 6.41. The SMILES string of the molecule is Cc1cc2c(cc1S(=O)(=O)N1CCCCC1CN)OCO2.